The zero-order valence-corrected chi connectivity index (χ0v) is 10.3. The van der Waals surface area contributed by atoms with Crippen LogP contribution in [0.2, 0.25) is 0 Å². The molecule has 1 aromatic carbocycles. The average molecular weight is 239 g/mol. The van der Waals surface area contributed by atoms with E-state index in [9.17, 15) is 0 Å². The predicted molar refractivity (Wildman–Crippen MR) is 70.2 cm³/mol. The molecule has 0 aliphatic heterocycles. The van der Waals surface area contributed by atoms with Crippen molar-refractivity contribution in [2.45, 2.75) is 6.92 Å². The van der Waals surface area contributed by atoms with Crippen LogP contribution in [0.3, 0.4) is 0 Å². The van der Waals surface area contributed by atoms with E-state index in [-0.39, 0.29) is 0 Å². The number of benzene rings is 1. The van der Waals surface area contributed by atoms with Crippen molar-refractivity contribution in [3.05, 3.63) is 48.4 Å². The fourth-order valence-electron chi connectivity index (χ4n) is 2.09. The number of nitrogens with zero attached hydrogens (tertiary/aromatic N) is 3. The Hall–Kier alpha value is -2.36. The molecule has 2 aromatic heterocycles. The summed E-state index contributed by atoms with van der Waals surface area (Å²) in [6, 6.07) is 9.84. The molecule has 18 heavy (non-hydrogen) atoms. The van der Waals surface area contributed by atoms with E-state index in [1.807, 2.05) is 48.1 Å². The maximum atomic E-state index is 5.36. The van der Waals surface area contributed by atoms with Gasteiger partial charge in [0, 0.05) is 23.5 Å². The van der Waals surface area contributed by atoms with Crippen molar-refractivity contribution < 1.29 is 4.74 Å². The van der Waals surface area contributed by atoms with Crippen LogP contribution in [0.4, 0.5) is 0 Å². The van der Waals surface area contributed by atoms with Crippen LogP contribution in [-0.4, -0.2) is 21.9 Å². The second-order valence-corrected chi connectivity index (χ2v) is 4.09. The zero-order valence-electron chi connectivity index (χ0n) is 10.3. The van der Waals surface area contributed by atoms with Crippen molar-refractivity contribution in [1.82, 2.24) is 14.8 Å². The van der Waals surface area contributed by atoms with E-state index in [4.69, 9.17) is 4.74 Å². The molecule has 0 unspecified atom stereocenters. The summed E-state index contributed by atoms with van der Waals surface area (Å²) in [6.07, 6.45) is 3.69. The number of para-hydroxylation sites is 1. The largest absolute Gasteiger partial charge is 0.494 e. The van der Waals surface area contributed by atoms with E-state index in [1.54, 1.807) is 13.3 Å². The van der Waals surface area contributed by atoms with Crippen LogP contribution >= 0.6 is 0 Å². The van der Waals surface area contributed by atoms with Gasteiger partial charge in [-0.1, -0.05) is 12.1 Å². The first-order valence-electron chi connectivity index (χ1n) is 5.74. The lowest BCUT2D eigenvalue weighted by atomic mass is 10.1. The van der Waals surface area contributed by atoms with E-state index < -0.39 is 0 Å². The van der Waals surface area contributed by atoms with Gasteiger partial charge >= 0.3 is 0 Å². The maximum absolute atomic E-state index is 5.36. The number of ether oxygens (including phenoxy) is 1. The number of pyridine rings is 1. The summed E-state index contributed by atoms with van der Waals surface area (Å²) in [5.41, 5.74) is 2.82. The van der Waals surface area contributed by atoms with E-state index in [0.29, 0.717) is 0 Å². The molecule has 4 heteroatoms. The first-order valence-corrected chi connectivity index (χ1v) is 5.74. The van der Waals surface area contributed by atoms with Gasteiger partial charge in [0.15, 0.2) is 0 Å². The summed E-state index contributed by atoms with van der Waals surface area (Å²) in [4.78, 5) is 4.55. The number of aromatic nitrogens is 3. The molecule has 0 saturated heterocycles. The first-order chi connectivity index (χ1) is 8.79. The van der Waals surface area contributed by atoms with Gasteiger partial charge in [0.1, 0.15) is 11.3 Å². The minimum atomic E-state index is 0.782. The Morgan fingerprint density at radius 2 is 2.11 bits per heavy atom. The summed E-state index contributed by atoms with van der Waals surface area (Å²) in [5, 5.41) is 5.31. The normalized spacial score (nSPS) is 10.8. The quantitative estimate of drug-likeness (QED) is 0.690. The van der Waals surface area contributed by atoms with E-state index in [2.05, 4.69) is 10.1 Å². The maximum Gasteiger partial charge on any atom is 0.145 e. The third-order valence-electron chi connectivity index (χ3n) is 2.88. The Bertz CT molecular complexity index is 690. The third kappa shape index (κ3) is 1.62. The lowest BCUT2D eigenvalue weighted by Crippen LogP contribution is -1.99. The molecule has 0 radical (unpaired) electrons. The Morgan fingerprint density at radius 3 is 2.83 bits per heavy atom. The van der Waals surface area contributed by atoms with Gasteiger partial charge < -0.3 is 4.74 Å². The third-order valence-corrected chi connectivity index (χ3v) is 2.88. The lowest BCUT2D eigenvalue weighted by Gasteiger charge is -2.10. The first kappa shape index (κ1) is 10.8. The highest BCUT2D eigenvalue weighted by Crippen LogP contribution is 2.28. The Kier molecular flexibility index (Phi) is 2.48. The minimum absolute atomic E-state index is 0.782. The molecule has 3 aromatic rings. The van der Waals surface area contributed by atoms with Gasteiger partial charge in [0.25, 0.3) is 0 Å². The van der Waals surface area contributed by atoms with E-state index in [0.717, 1.165) is 28.0 Å². The lowest BCUT2D eigenvalue weighted by molar-refractivity contribution is 0.419. The zero-order chi connectivity index (χ0) is 12.5. The summed E-state index contributed by atoms with van der Waals surface area (Å²) < 4.78 is 7.21. The number of hydrogen-bond donors (Lipinski definition) is 0. The van der Waals surface area contributed by atoms with E-state index in [1.165, 1.54) is 0 Å². The minimum Gasteiger partial charge on any atom is -0.494 e. The molecule has 4 nitrogen and oxygen atoms in total. The van der Waals surface area contributed by atoms with Crippen molar-refractivity contribution in [3.8, 4) is 11.4 Å². The van der Waals surface area contributed by atoms with Crippen LogP contribution in [0.15, 0.2) is 42.7 Å². The van der Waals surface area contributed by atoms with Gasteiger partial charge in [-0.25, -0.2) is 9.67 Å². The van der Waals surface area contributed by atoms with Crippen LogP contribution in [0.25, 0.3) is 16.6 Å². The molecule has 3 rings (SSSR count). The molecule has 90 valence electrons. The molecule has 0 fully saturated rings. The van der Waals surface area contributed by atoms with Crippen molar-refractivity contribution in [2.75, 3.05) is 7.11 Å². The van der Waals surface area contributed by atoms with Crippen LogP contribution < -0.4 is 4.74 Å². The molecule has 0 aliphatic rings. The van der Waals surface area contributed by atoms with E-state index >= 15 is 0 Å². The van der Waals surface area contributed by atoms with Crippen LogP contribution in [0.5, 0.6) is 5.75 Å². The fourth-order valence-corrected chi connectivity index (χ4v) is 2.09. The van der Waals surface area contributed by atoms with Gasteiger partial charge in [-0.2, -0.15) is 5.10 Å². The van der Waals surface area contributed by atoms with Crippen molar-refractivity contribution >= 4 is 10.9 Å². The number of fused-ring (bicyclic) bond motifs is 1. The second kappa shape index (κ2) is 4.14. The molecule has 0 saturated carbocycles. The molecule has 2 heterocycles. The second-order valence-electron chi connectivity index (χ2n) is 4.09. The van der Waals surface area contributed by atoms with Crippen molar-refractivity contribution in [3.63, 3.8) is 0 Å². The molecule has 0 bridgehead atoms. The van der Waals surface area contributed by atoms with Crippen LogP contribution in [0, 0.1) is 6.92 Å². The molecule has 0 N–H and O–H groups in total. The predicted octanol–water partition coefficient (Wildman–Crippen LogP) is 2.74. The fraction of sp³-hybridized carbons (Fsp3) is 0.143. The number of aryl methyl sites for hydroxylation is 1. The Morgan fingerprint density at radius 1 is 1.22 bits per heavy atom. The average Bonchev–Trinajstić information content (AvgIpc) is 2.90. The number of methoxy groups -OCH3 is 1. The highest BCUT2D eigenvalue weighted by molar-refractivity contribution is 5.91. The van der Waals surface area contributed by atoms with Crippen LogP contribution in [0.1, 0.15) is 5.69 Å². The van der Waals surface area contributed by atoms with Gasteiger partial charge in [0.05, 0.1) is 12.8 Å². The van der Waals surface area contributed by atoms with Crippen molar-refractivity contribution in [1.29, 1.82) is 0 Å². The number of rotatable bonds is 2. The van der Waals surface area contributed by atoms with Gasteiger partial charge in [0.2, 0.25) is 0 Å². The molecule has 0 aliphatic carbocycles. The molecule has 0 atom stereocenters. The SMILES string of the molecule is COc1cccc2c(-n3cccn3)cc(C)nc12. The molecule has 0 spiro atoms. The van der Waals surface area contributed by atoms with Crippen LogP contribution in [-0.2, 0) is 0 Å². The molecule has 0 amide bonds. The number of hydrogen-bond acceptors (Lipinski definition) is 3. The van der Waals surface area contributed by atoms with Crippen molar-refractivity contribution in [2.24, 2.45) is 0 Å². The topological polar surface area (TPSA) is 39.9 Å². The standard InChI is InChI=1S/C14H13N3O/c1-10-9-12(17-8-4-7-15-17)11-5-3-6-13(18-2)14(11)16-10/h3-9H,1-2H3. The van der Waals surface area contributed by atoms with Gasteiger partial charge in [-0.05, 0) is 25.1 Å². The summed E-state index contributed by atoms with van der Waals surface area (Å²) >= 11 is 0. The highest BCUT2D eigenvalue weighted by atomic mass is 16.5. The van der Waals surface area contributed by atoms with Gasteiger partial charge in [-0.3, -0.25) is 0 Å². The summed E-state index contributed by atoms with van der Waals surface area (Å²) in [7, 11) is 1.66. The smallest absolute Gasteiger partial charge is 0.145 e. The Balaban J connectivity index is 2.39. The van der Waals surface area contributed by atoms with Gasteiger partial charge in [-0.15, -0.1) is 0 Å². The summed E-state index contributed by atoms with van der Waals surface area (Å²) in [6.45, 7) is 1.97. The highest BCUT2D eigenvalue weighted by Gasteiger charge is 2.09. The molecular weight excluding hydrogens is 226 g/mol. The molecular formula is C14H13N3O. The monoisotopic (exact) mass is 239 g/mol. The Labute approximate surface area is 105 Å². The summed E-state index contributed by atoms with van der Waals surface area (Å²) in [5.74, 6) is 0.782.